The number of hydrogen-bond acceptors (Lipinski definition) is 5. The van der Waals surface area contributed by atoms with Crippen LogP contribution in [-0.4, -0.2) is 21.7 Å². The molecule has 0 saturated heterocycles. The van der Waals surface area contributed by atoms with Crippen LogP contribution in [0.15, 0.2) is 25.7 Å². The van der Waals surface area contributed by atoms with Crippen LogP contribution in [0.25, 0.3) is 11.5 Å². The van der Waals surface area contributed by atoms with Crippen LogP contribution in [0, 0.1) is 5.92 Å². The molecule has 20 heavy (non-hydrogen) atoms. The van der Waals surface area contributed by atoms with Crippen molar-refractivity contribution in [1.29, 1.82) is 0 Å². The summed E-state index contributed by atoms with van der Waals surface area (Å²) in [7, 11) is 0. The van der Waals surface area contributed by atoms with E-state index in [9.17, 15) is 0 Å². The number of halogens is 2. The van der Waals surface area contributed by atoms with Crippen molar-refractivity contribution in [3.05, 3.63) is 27.1 Å². The Hall–Kier alpha value is -0.790. The molecule has 0 aromatic carbocycles. The smallest absolute Gasteiger partial charge is 0.230 e. The zero-order chi connectivity index (χ0) is 14.1. The van der Waals surface area contributed by atoms with Crippen LogP contribution in [0.1, 0.15) is 31.1 Å². The van der Waals surface area contributed by atoms with E-state index in [2.05, 4.69) is 47.0 Å². The maximum atomic E-state index is 5.81. The van der Waals surface area contributed by atoms with Gasteiger partial charge in [0, 0.05) is 21.1 Å². The van der Waals surface area contributed by atoms with E-state index in [1.807, 2.05) is 6.07 Å². The van der Waals surface area contributed by atoms with Crippen LogP contribution in [0.4, 0.5) is 0 Å². The summed E-state index contributed by atoms with van der Waals surface area (Å²) in [6, 6.07) is 1.91. The lowest BCUT2D eigenvalue weighted by molar-refractivity contribution is 0.326. The lowest BCUT2D eigenvalue weighted by atomic mass is 9.96. The Morgan fingerprint density at radius 3 is 2.95 bits per heavy atom. The Bertz CT molecular complexity index is 616. The number of nitrogens with two attached hydrogens (primary N) is 1. The molecule has 1 saturated carbocycles. The molecule has 1 aliphatic carbocycles. The topological polar surface area (TPSA) is 77.8 Å². The monoisotopic (exact) mass is 400 g/mol. The second-order valence-corrected chi connectivity index (χ2v) is 6.74. The zero-order valence-electron chi connectivity index (χ0n) is 10.7. The van der Waals surface area contributed by atoms with Crippen molar-refractivity contribution in [2.45, 2.75) is 25.2 Å². The van der Waals surface area contributed by atoms with Gasteiger partial charge in [-0.3, -0.25) is 4.98 Å². The first-order valence-corrected chi connectivity index (χ1v) is 8.12. The molecule has 0 radical (unpaired) electrons. The molecular formula is C13H14Br2N4O. The third-order valence-corrected chi connectivity index (χ3v) is 4.78. The minimum atomic E-state index is 0.287. The third-order valence-electron chi connectivity index (χ3n) is 3.74. The summed E-state index contributed by atoms with van der Waals surface area (Å²) in [6.07, 6.45) is 5.09. The van der Waals surface area contributed by atoms with Gasteiger partial charge < -0.3 is 10.3 Å². The molecule has 1 fully saturated rings. The fourth-order valence-electron chi connectivity index (χ4n) is 2.71. The van der Waals surface area contributed by atoms with Crippen LogP contribution in [0.2, 0.25) is 0 Å². The molecule has 0 amide bonds. The first-order chi connectivity index (χ1) is 9.69. The largest absolute Gasteiger partial charge is 0.339 e. The van der Waals surface area contributed by atoms with Crippen LogP contribution < -0.4 is 5.73 Å². The summed E-state index contributed by atoms with van der Waals surface area (Å²) < 4.78 is 7.16. The molecule has 2 N–H and O–H groups in total. The molecule has 1 aliphatic rings. The van der Waals surface area contributed by atoms with Gasteiger partial charge in [-0.25, -0.2) is 0 Å². The molecule has 3 rings (SSSR count). The molecule has 5 nitrogen and oxygen atoms in total. The summed E-state index contributed by atoms with van der Waals surface area (Å²) in [4.78, 5) is 8.83. The number of hydrogen-bond donors (Lipinski definition) is 1. The molecule has 0 aliphatic heterocycles. The Kier molecular flexibility index (Phi) is 4.18. The van der Waals surface area contributed by atoms with Gasteiger partial charge in [0.2, 0.25) is 11.7 Å². The Balaban J connectivity index is 1.90. The van der Waals surface area contributed by atoms with E-state index in [-0.39, 0.29) is 5.92 Å². The SMILES string of the molecule is NCC1CCCC1c1nc(-c2ncc(Br)cc2Br)no1. The lowest BCUT2D eigenvalue weighted by Crippen LogP contribution is -2.17. The number of aromatic nitrogens is 3. The van der Waals surface area contributed by atoms with Crippen molar-refractivity contribution in [3.63, 3.8) is 0 Å². The van der Waals surface area contributed by atoms with Gasteiger partial charge in [0.1, 0.15) is 5.69 Å². The standard InChI is InChI=1S/C13H14Br2N4O/c14-8-4-10(15)11(17-6-8)12-18-13(20-19-12)9-3-1-2-7(9)5-16/h4,6-7,9H,1-3,5,16H2. The molecule has 7 heteroatoms. The van der Waals surface area contributed by atoms with E-state index in [1.54, 1.807) is 6.20 Å². The second-order valence-electron chi connectivity index (χ2n) is 4.97. The van der Waals surface area contributed by atoms with Gasteiger partial charge in [-0.2, -0.15) is 4.98 Å². The van der Waals surface area contributed by atoms with Gasteiger partial charge in [0.15, 0.2) is 0 Å². The van der Waals surface area contributed by atoms with E-state index < -0.39 is 0 Å². The van der Waals surface area contributed by atoms with Gasteiger partial charge in [-0.05, 0) is 63.2 Å². The van der Waals surface area contributed by atoms with E-state index >= 15 is 0 Å². The molecular weight excluding hydrogens is 388 g/mol. The van der Waals surface area contributed by atoms with Crippen molar-refractivity contribution in [2.24, 2.45) is 11.7 Å². The van der Waals surface area contributed by atoms with Crippen molar-refractivity contribution in [2.75, 3.05) is 6.54 Å². The molecule has 0 spiro atoms. The molecule has 2 atom stereocenters. The van der Waals surface area contributed by atoms with E-state index in [0.717, 1.165) is 21.8 Å². The summed E-state index contributed by atoms with van der Waals surface area (Å²) in [6.45, 7) is 0.669. The van der Waals surface area contributed by atoms with Gasteiger partial charge in [-0.1, -0.05) is 11.6 Å². The molecule has 2 aromatic heterocycles. The minimum Gasteiger partial charge on any atom is -0.339 e. The highest BCUT2D eigenvalue weighted by Crippen LogP contribution is 2.39. The predicted octanol–water partition coefficient (Wildman–Crippen LogP) is 3.50. The highest BCUT2D eigenvalue weighted by Gasteiger charge is 2.32. The van der Waals surface area contributed by atoms with Crippen LogP contribution in [0.3, 0.4) is 0 Å². The molecule has 2 heterocycles. The summed E-state index contributed by atoms with van der Waals surface area (Å²) in [5.74, 6) is 1.94. The first kappa shape index (κ1) is 14.2. The quantitative estimate of drug-likeness (QED) is 0.851. The highest BCUT2D eigenvalue weighted by molar-refractivity contribution is 9.11. The number of nitrogens with zero attached hydrogens (tertiary/aromatic N) is 3. The highest BCUT2D eigenvalue weighted by atomic mass is 79.9. The fourth-order valence-corrected chi connectivity index (χ4v) is 3.87. The van der Waals surface area contributed by atoms with Gasteiger partial charge in [0.05, 0.1) is 0 Å². The van der Waals surface area contributed by atoms with Crippen LogP contribution >= 0.6 is 31.9 Å². The number of pyridine rings is 1. The lowest BCUT2D eigenvalue weighted by Gasteiger charge is -2.12. The van der Waals surface area contributed by atoms with Crippen molar-refractivity contribution in [1.82, 2.24) is 15.1 Å². The zero-order valence-corrected chi connectivity index (χ0v) is 13.9. The maximum Gasteiger partial charge on any atom is 0.230 e. The van der Waals surface area contributed by atoms with Gasteiger partial charge >= 0.3 is 0 Å². The van der Waals surface area contributed by atoms with E-state index in [4.69, 9.17) is 10.3 Å². The number of rotatable bonds is 3. The second kappa shape index (κ2) is 5.91. The Labute approximate surface area is 133 Å². The van der Waals surface area contributed by atoms with Crippen molar-refractivity contribution >= 4 is 31.9 Å². The first-order valence-electron chi connectivity index (χ1n) is 6.54. The molecule has 106 valence electrons. The predicted molar refractivity (Wildman–Crippen MR) is 82.1 cm³/mol. The van der Waals surface area contributed by atoms with E-state index in [1.165, 1.54) is 6.42 Å². The fraction of sp³-hybridized carbons (Fsp3) is 0.462. The van der Waals surface area contributed by atoms with Crippen molar-refractivity contribution < 1.29 is 4.52 Å². The molecule has 0 bridgehead atoms. The van der Waals surface area contributed by atoms with Gasteiger partial charge in [-0.15, -0.1) is 0 Å². The normalized spacial score (nSPS) is 22.4. The Morgan fingerprint density at radius 1 is 1.35 bits per heavy atom. The van der Waals surface area contributed by atoms with Crippen molar-refractivity contribution in [3.8, 4) is 11.5 Å². The molecule has 2 aromatic rings. The summed E-state index contributed by atoms with van der Waals surface area (Å²) >= 11 is 6.84. The summed E-state index contributed by atoms with van der Waals surface area (Å²) in [5, 5.41) is 4.06. The Morgan fingerprint density at radius 2 is 2.20 bits per heavy atom. The minimum absolute atomic E-state index is 0.287. The van der Waals surface area contributed by atoms with E-state index in [0.29, 0.717) is 29.9 Å². The average molecular weight is 402 g/mol. The van der Waals surface area contributed by atoms with Gasteiger partial charge in [0.25, 0.3) is 0 Å². The van der Waals surface area contributed by atoms with Crippen LogP contribution in [0.5, 0.6) is 0 Å². The average Bonchev–Trinajstić information content (AvgIpc) is 3.06. The van der Waals surface area contributed by atoms with Crippen LogP contribution in [-0.2, 0) is 0 Å². The molecule has 2 unspecified atom stereocenters. The maximum absolute atomic E-state index is 5.81. The third kappa shape index (κ3) is 2.66. The summed E-state index contributed by atoms with van der Waals surface area (Å²) in [5.41, 5.74) is 6.49.